The van der Waals surface area contributed by atoms with Gasteiger partial charge in [0, 0.05) is 12.6 Å². The Morgan fingerprint density at radius 1 is 1.42 bits per heavy atom. The summed E-state index contributed by atoms with van der Waals surface area (Å²) >= 11 is 0. The second-order valence-electron chi connectivity index (χ2n) is 5.81. The second-order valence-corrected chi connectivity index (χ2v) is 5.81. The molecule has 0 aliphatic carbocycles. The number of fused-ring (bicyclic) bond motifs is 1. The molecule has 24 heavy (non-hydrogen) atoms. The molecule has 8 nitrogen and oxygen atoms in total. The molecule has 1 aliphatic rings. The fourth-order valence-corrected chi connectivity index (χ4v) is 2.52. The Hall–Kier alpha value is -2.19. The van der Waals surface area contributed by atoms with Crippen molar-refractivity contribution in [2.75, 3.05) is 18.0 Å². The molecule has 1 heterocycles. The van der Waals surface area contributed by atoms with Gasteiger partial charge in [-0.2, -0.15) is 0 Å². The lowest BCUT2D eigenvalue weighted by Gasteiger charge is -2.19. The van der Waals surface area contributed by atoms with Crippen LogP contribution in [0.3, 0.4) is 0 Å². The molecule has 0 saturated carbocycles. The van der Waals surface area contributed by atoms with Gasteiger partial charge < -0.3 is 16.0 Å². The topological polar surface area (TPSA) is 119 Å². The molecule has 2 rings (SSSR count). The molecule has 0 bridgehead atoms. The number of benzene rings is 1. The molecule has 0 fully saturated rings. The lowest BCUT2D eigenvalue weighted by molar-refractivity contribution is -0.385. The minimum atomic E-state index is -0.672. The average molecular weight is 357 g/mol. The molecule has 0 saturated heterocycles. The fourth-order valence-electron chi connectivity index (χ4n) is 2.52. The number of nitro benzene ring substituents is 1. The summed E-state index contributed by atoms with van der Waals surface area (Å²) in [5.41, 5.74) is 6.82. The van der Waals surface area contributed by atoms with E-state index in [2.05, 4.69) is 5.32 Å². The third-order valence-corrected chi connectivity index (χ3v) is 3.94. The van der Waals surface area contributed by atoms with E-state index in [0.29, 0.717) is 24.2 Å². The van der Waals surface area contributed by atoms with E-state index in [-0.39, 0.29) is 42.4 Å². The van der Waals surface area contributed by atoms with E-state index < -0.39 is 11.0 Å². The predicted octanol–water partition coefficient (Wildman–Crippen LogP) is 1.01. The minimum absolute atomic E-state index is 0. The highest BCUT2D eigenvalue weighted by Crippen LogP contribution is 2.34. The molecule has 1 aromatic rings. The Balaban J connectivity index is 0.00000288. The van der Waals surface area contributed by atoms with Gasteiger partial charge in [-0.15, -0.1) is 12.4 Å². The van der Waals surface area contributed by atoms with Crippen LogP contribution in [-0.2, 0) is 16.0 Å². The van der Waals surface area contributed by atoms with Crippen LogP contribution in [-0.4, -0.2) is 35.9 Å². The molecule has 2 amide bonds. The normalized spacial score (nSPS) is 13.9. The molecule has 1 aromatic carbocycles. The van der Waals surface area contributed by atoms with Gasteiger partial charge in [-0.3, -0.25) is 19.7 Å². The van der Waals surface area contributed by atoms with Gasteiger partial charge in [0.25, 0.3) is 5.69 Å². The Morgan fingerprint density at radius 2 is 2.08 bits per heavy atom. The number of nitro groups is 1. The van der Waals surface area contributed by atoms with Crippen LogP contribution in [0.1, 0.15) is 19.4 Å². The van der Waals surface area contributed by atoms with Crippen LogP contribution in [0.25, 0.3) is 0 Å². The molecular formula is C15H21ClN4O4. The van der Waals surface area contributed by atoms with E-state index in [1.807, 2.05) is 13.8 Å². The number of carbonyl (C=O) groups excluding carboxylic acids is 2. The van der Waals surface area contributed by atoms with Gasteiger partial charge in [-0.25, -0.2) is 0 Å². The van der Waals surface area contributed by atoms with Crippen molar-refractivity contribution in [3.05, 3.63) is 33.9 Å². The lowest BCUT2D eigenvalue weighted by atomic mass is 10.1. The number of halogens is 1. The summed E-state index contributed by atoms with van der Waals surface area (Å²) in [5.74, 6) is -0.722. The van der Waals surface area contributed by atoms with Gasteiger partial charge >= 0.3 is 0 Å². The van der Waals surface area contributed by atoms with E-state index in [1.54, 1.807) is 12.1 Å². The molecule has 1 atom stereocenters. The molecule has 0 unspecified atom stereocenters. The maximum atomic E-state index is 12.3. The maximum absolute atomic E-state index is 12.3. The quantitative estimate of drug-likeness (QED) is 0.602. The van der Waals surface area contributed by atoms with E-state index in [4.69, 9.17) is 5.73 Å². The summed E-state index contributed by atoms with van der Waals surface area (Å²) in [5, 5.41) is 13.5. The largest absolute Gasteiger partial charge is 0.346 e. The summed E-state index contributed by atoms with van der Waals surface area (Å²) in [6.07, 6.45) is 0.428. The number of nitrogens with one attached hydrogen (secondary N) is 1. The van der Waals surface area contributed by atoms with E-state index in [9.17, 15) is 19.7 Å². The van der Waals surface area contributed by atoms with Crippen LogP contribution in [0.15, 0.2) is 18.2 Å². The summed E-state index contributed by atoms with van der Waals surface area (Å²) in [4.78, 5) is 36.1. The predicted molar refractivity (Wildman–Crippen MR) is 92.2 cm³/mol. The molecular weight excluding hydrogens is 336 g/mol. The summed E-state index contributed by atoms with van der Waals surface area (Å²) in [6, 6.07) is 3.98. The standard InChI is InChI=1S/C15H20N4O4.ClH/c1-9(2)14(16)15(21)17-8-13(20)18-7-6-10-11(18)4-3-5-12(10)19(22)23;/h3-5,9,14H,6-8,16H2,1-2H3,(H,17,21);1H/t14-;/m0./s1. The van der Waals surface area contributed by atoms with Crippen molar-refractivity contribution in [1.29, 1.82) is 0 Å². The molecule has 0 radical (unpaired) electrons. The number of anilines is 1. The first-order valence-corrected chi connectivity index (χ1v) is 7.43. The summed E-state index contributed by atoms with van der Waals surface area (Å²) in [6.45, 7) is 3.83. The number of hydrogen-bond acceptors (Lipinski definition) is 5. The van der Waals surface area contributed by atoms with Crippen molar-refractivity contribution >= 4 is 35.6 Å². The number of nitrogens with two attached hydrogens (primary N) is 1. The van der Waals surface area contributed by atoms with Crippen LogP contribution < -0.4 is 16.0 Å². The Morgan fingerprint density at radius 3 is 2.67 bits per heavy atom. The molecule has 132 valence electrons. The zero-order chi connectivity index (χ0) is 17.1. The Bertz CT molecular complexity index is 650. The maximum Gasteiger partial charge on any atom is 0.274 e. The van der Waals surface area contributed by atoms with Crippen LogP contribution in [0.2, 0.25) is 0 Å². The number of rotatable bonds is 5. The molecule has 0 aromatic heterocycles. The van der Waals surface area contributed by atoms with Crippen molar-refractivity contribution in [1.82, 2.24) is 5.32 Å². The number of amides is 2. The molecule has 3 N–H and O–H groups in total. The number of carbonyl (C=O) groups is 2. The van der Waals surface area contributed by atoms with Crippen molar-refractivity contribution in [2.45, 2.75) is 26.3 Å². The highest BCUT2D eigenvalue weighted by Gasteiger charge is 2.30. The number of nitrogens with zero attached hydrogens (tertiary/aromatic N) is 2. The van der Waals surface area contributed by atoms with Crippen molar-refractivity contribution in [3.63, 3.8) is 0 Å². The van der Waals surface area contributed by atoms with Gasteiger partial charge in [0.1, 0.15) is 0 Å². The zero-order valence-electron chi connectivity index (χ0n) is 13.5. The third kappa shape index (κ3) is 4.01. The molecule has 0 spiro atoms. The first-order valence-electron chi connectivity index (χ1n) is 7.43. The van der Waals surface area contributed by atoms with Gasteiger partial charge in [0.15, 0.2) is 0 Å². The van der Waals surface area contributed by atoms with Crippen LogP contribution >= 0.6 is 12.4 Å². The van der Waals surface area contributed by atoms with Crippen molar-refractivity contribution in [3.8, 4) is 0 Å². The van der Waals surface area contributed by atoms with Crippen molar-refractivity contribution in [2.24, 2.45) is 11.7 Å². The van der Waals surface area contributed by atoms with E-state index in [0.717, 1.165) is 0 Å². The average Bonchev–Trinajstić information content (AvgIpc) is 2.95. The minimum Gasteiger partial charge on any atom is -0.346 e. The second kappa shape index (κ2) is 8.07. The van der Waals surface area contributed by atoms with Gasteiger partial charge in [-0.05, 0) is 18.4 Å². The molecule has 1 aliphatic heterocycles. The van der Waals surface area contributed by atoms with Gasteiger partial charge in [-0.1, -0.05) is 19.9 Å². The van der Waals surface area contributed by atoms with Gasteiger partial charge in [0.05, 0.1) is 28.8 Å². The monoisotopic (exact) mass is 356 g/mol. The van der Waals surface area contributed by atoms with E-state index >= 15 is 0 Å². The fraction of sp³-hybridized carbons (Fsp3) is 0.467. The molecule has 9 heteroatoms. The van der Waals surface area contributed by atoms with Crippen LogP contribution in [0.4, 0.5) is 11.4 Å². The van der Waals surface area contributed by atoms with Crippen molar-refractivity contribution < 1.29 is 14.5 Å². The van der Waals surface area contributed by atoms with E-state index in [1.165, 1.54) is 11.0 Å². The highest BCUT2D eigenvalue weighted by atomic mass is 35.5. The summed E-state index contributed by atoms with van der Waals surface area (Å²) in [7, 11) is 0. The first kappa shape index (κ1) is 19.9. The first-order chi connectivity index (χ1) is 10.8. The Labute approximate surface area is 145 Å². The number of hydrogen-bond donors (Lipinski definition) is 2. The lowest BCUT2D eigenvalue weighted by Crippen LogP contribution is -2.47. The highest BCUT2D eigenvalue weighted by molar-refractivity contribution is 5.99. The SMILES string of the molecule is CC(C)[C@H](N)C(=O)NCC(=O)N1CCc2c1cccc2[N+](=O)[O-].Cl. The summed E-state index contributed by atoms with van der Waals surface area (Å²) < 4.78 is 0. The smallest absolute Gasteiger partial charge is 0.274 e. The van der Waals surface area contributed by atoms with Crippen LogP contribution in [0, 0.1) is 16.0 Å². The Kier molecular flexibility index (Phi) is 6.68. The van der Waals surface area contributed by atoms with Gasteiger partial charge in [0.2, 0.25) is 11.8 Å². The zero-order valence-corrected chi connectivity index (χ0v) is 14.3. The van der Waals surface area contributed by atoms with Crippen LogP contribution in [0.5, 0.6) is 0 Å². The third-order valence-electron chi connectivity index (χ3n) is 3.94.